The van der Waals surface area contributed by atoms with E-state index in [0.717, 1.165) is 0 Å². The fourth-order valence-electron chi connectivity index (χ4n) is 1.47. The van der Waals surface area contributed by atoms with Crippen molar-refractivity contribution in [2.24, 2.45) is 0 Å². The van der Waals surface area contributed by atoms with E-state index in [-0.39, 0.29) is 0 Å². The van der Waals surface area contributed by atoms with Crippen molar-refractivity contribution in [3.8, 4) is 0 Å². The summed E-state index contributed by atoms with van der Waals surface area (Å²) >= 11 is 7.59. The maximum absolute atomic E-state index is 5.70. The van der Waals surface area contributed by atoms with E-state index in [1.54, 1.807) is 12.4 Å². The van der Waals surface area contributed by atoms with Crippen molar-refractivity contribution in [1.82, 2.24) is 9.97 Å². The van der Waals surface area contributed by atoms with Crippen molar-refractivity contribution >= 4 is 29.3 Å². The predicted octanol–water partition coefficient (Wildman–Crippen LogP) is 2.44. The third kappa shape index (κ3) is 2.12. The molecule has 0 saturated heterocycles. The molecule has 2 unspecified atom stereocenters. The number of hydrogen-bond donors (Lipinski definition) is 1. The van der Waals surface area contributed by atoms with Crippen LogP contribution in [0.2, 0.25) is 5.02 Å². The maximum Gasteiger partial charge on any atom is 0.222 e. The van der Waals surface area contributed by atoms with Gasteiger partial charge in [0.2, 0.25) is 5.95 Å². The van der Waals surface area contributed by atoms with Gasteiger partial charge in [0, 0.05) is 11.3 Å². The molecular formula is C9H12ClN3S. The summed E-state index contributed by atoms with van der Waals surface area (Å²) in [7, 11) is 0. The molecule has 14 heavy (non-hydrogen) atoms. The molecule has 1 aliphatic carbocycles. The first-order chi connectivity index (χ1) is 6.79. The number of nitrogens with zero attached hydrogens (tertiary/aromatic N) is 2. The van der Waals surface area contributed by atoms with Crippen LogP contribution in [-0.4, -0.2) is 27.5 Å². The van der Waals surface area contributed by atoms with Gasteiger partial charge in [-0.2, -0.15) is 11.8 Å². The largest absolute Gasteiger partial charge is 0.350 e. The summed E-state index contributed by atoms with van der Waals surface area (Å²) in [6.07, 6.45) is 7.86. The molecule has 2 atom stereocenters. The average molecular weight is 230 g/mol. The number of halogens is 1. The number of nitrogens with one attached hydrogen (secondary N) is 1. The van der Waals surface area contributed by atoms with Crippen LogP contribution >= 0.6 is 23.4 Å². The summed E-state index contributed by atoms with van der Waals surface area (Å²) in [5.41, 5.74) is 0. The number of rotatable bonds is 3. The smallest absolute Gasteiger partial charge is 0.222 e. The summed E-state index contributed by atoms with van der Waals surface area (Å²) in [4.78, 5) is 8.21. The molecule has 1 heterocycles. The minimum absolute atomic E-state index is 0.520. The van der Waals surface area contributed by atoms with Crippen LogP contribution in [0.15, 0.2) is 12.4 Å². The van der Waals surface area contributed by atoms with E-state index >= 15 is 0 Å². The standard InChI is InChI=1S/C9H12ClN3S/c1-14-8-3-2-7(8)13-9-11-4-6(10)5-12-9/h4-5,7-8H,2-3H2,1H3,(H,11,12,13). The highest BCUT2D eigenvalue weighted by atomic mass is 35.5. The van der Waals surface area contributed by atoms with Crippen LogP contribution in [0, 0.1) is 0 Å². The van der Waals surface area contributed by atoms with Crippen LogP contribution < -0.4 is 5.32 Å². The first kappa shape index (κ1) is 10.1. The van der Waals surface area contributed by atoms with Gasteiger partial charge in [-0.15, -0.1) is 0 Å². The molecule has 0 aliphatic heterocycles. The Labute approximate surface area is 92.7 Å². The van der Waals surface area contributed by atoms with Gasteiger partial charge in [-0.3, -0.25) is 0 Å². The molecule has 5 heteroatoms. The molecule has 76 valence electrons. The number of anilines is 1. The Hall–Kier alpha value is -0.480. The number of hydrogen-bond acceptors (Lipinski definition) is 4. The summed E-state index contributed by atoms with van der Waals surface area (Å²) in [6, 6.07) is 0.520. The highest BCUT2D eigenvalue weighted by Gasteiger charge is 2.30. The van der Waals surface area contributed by atoms with Gasteiger partial charge in [-0.25, -0.2) is 9.97 Å². The van der Waals surface area contributed by atoms with E-state index in [4.69, 9.17) is 11.6 Å². The highest BCUT2D eigenvalue weighted by Crippen LogP contribution is 2.31. The van der Waals surface area contributed by atoms with Crippen molar-refractivity contribution in [3.05, 3.63) is 17.4 Å². The Morgan fingerprint density at radius 1 is 1.43 bits per heavy atom. The molecule has 0 aromatic carbocycles. The normalized spacial score (nSPS) is 25.6. The molecule has 0 bridgehead atoms. The second kappa shape index (κ2) is 4.36. The lowest BCUT2D eigenvalue weighted by molar-refractivity contribution is 0.460. The van der Waals surface area contributed by atoms with Crippen LogP contribution in [0.4, 0.5) is 5.95 Å². The quantitative estimate of drug-likeness (QED) is 0.864. The summed E-state index contributed by atoms with van der Waals surface area (Å²) in [6.45, 7) is 0. The minimum atomic E-state index is 0.520. The van der Waals surface area contributed by atoms with Crippen molar-refractivity contribution in [2.75, 3.05) is 11.6 Å². The van der Waals surface area contributed by atoms with Crippen molar-refractivity contribution < 1.29 is 0 Å². The van der Waals surface area contributed by atoms with Gasteiger partial charge in [-0.1, -0.05) is 11.6 Å². The molecule has 2 rings (SSSR count). The Balaban J connectivity index is 1.94. The maximum atomic E-state index is 5.70. The molecule has 1 N–H and O–H groups in total. The van der Waals surface area contributed by atoms with E-state index in [0.29, 0.717) is 22.3 Å². The fraction of sp³-hybridized carbons (Fsp3) is 0.556. The van der Waals surface area contributed by atoms with Gasteiger partial charge in [0.05, 0.1) is 17.4 Å². The van der Waals surface area contributed by atoms with Crippen LogP contribution in [0.5, 0.6) is 0 Å². The zero-order valence-electron chi connectivity index (χ0n) is 7.90. The Morgan fingerprint density at radius 3 is 2.64 bits per heavy atom. The van der Waals surface area contributed by atoms with E-state index < -0.39 is 0 Å². The van der Waals surface area contributed by atoms with Crippen molar-refractivity contribution in [1.29, 1.82) is 0 Å². The molecule has 0 amide bonds. The zero-order chi connectivity index (χ0) is 9.97. The van der Waals surface area contributed by atoms with Gasteiger partial charge < -0.3 is 5.32 Å². The van der Waals surface area contributed by atoms with Crippen LogP contribution in [0.1, 0.15) is 12.8 Å². The topological polar surface area (TPSA) is 37.8 Å². The Kier molecular flexibility index (Phi) is 3.13. The first-order valence-electron chi connectivity index (χ1n) is 4.56. The Bertz CT molecular complexity index is 301. The second-order valence-corrected chi connectivity index (χ2v) is 4.84. The summed E-state index contributed by atoms with van der Waals surface area (Å²) < 4.78 is 0. The minimum Gasteiger partial charge on any atom is -0.350 e. The zero-order valence-corrected chi connectivity index (χ0v) is 9.48. The predicted molar refractivity (Wildman–Crippen MR) is 61.0 cm³/mol. The van der Waals surface area contributed by atoms with Gasteiger partial charge in [-0.05, 0) is 19.1 Å². The van der Waals surface area contributed by atoms with Gasteiger partial charge in [0.1, 0.15) is 0 Å². The number of thioether (sulfide) groups is 1. The molecule has 1 fully saturated rings. The highest BCUT2D eigenvalue weighted by molar-refractivity contribution is 7.99. The SMILES string of the molecule is CSC1CCC1Nc1ncc(Cl)cn1. The monoisotopic (exact) mass is 229 g/mol. The van der Waals surface area contributed by atoms with Gasteiger partial charge in [0.25, 0.3) is 0 Å². The molecule has 0 spiro atoms. The lowest BCUT2D eigenvalue weighted by Crippen LogP contribution is -2.41. The molecular weight excluding hydrogens is 218 g/mol. The molecule has 0 radical (unpaired) electrons. The third-order valence-corrected chi connectivity index (χ3v) is 3.81. The van der Waals surface area contributed by atoms with Crippen LogP contribution in [-0.2, 0) is 0 Å². The second-order valence-electron chi connectivity index (χ2n) is 3.33. The molecule has 3 nitrogen and oxygen atoms in total. The summed E-state index contributed by atoms with van der Waals surface area (Å²) in [5, 5.41) is 4.58. The van der Waals surface area contributed by atoms with E-state index in [1.165, 1.54) is 12.8 Å². The Morgan fingerprint density at radius 2 is 2.14 bits per heavy atom. The van der Waals surface area contributed by atoms with Crippen molar-refractivity contribution in [2.45, 2.75) is 24.1 Å². The van der Waals surface area contributed by atoms with Gasteiger partial charge >= 0.3 is 0 Å². The molecule has 1 aliphatic rings. The third-order valence-electron chi connectivity index (χ3n) is 2.45. The molecule has 1 aromatic heterocycles. The first-order valence-corrected chi connectivity index (χ1v) is 6.23. The van der Waals surface area contributed by atoms with Crippen LogP contribution in [0.25, 0.3) is 0 Å². The van der Waals surface area contributed by atoms with E-state index in [2.05, 4.69) is 21.5 Å². The van der Waals surface area contributed by atoms with E-state index in [1.807, 2.05) is 11.8 Å². The number of aromatic nitrogens is 2. The fourth-order valence-corrected chi connectivity index (χ4v) is 2.47. The lowest BCUT2D eigenvalue weighted by Gasteiger charge is -2.35. The van der Waals surface area contributed by atoms with Crippen LogP contribution in [0.3, 0.4) is 0 Å². The van der Waals surface area contributed by atoms with E-state index in [9.17, 15) is 0 Å². The summed E-state index contributed by atoms with van der Waals surface area (Å²) in [5.74, 6) is 0.679. The molecule has 1 saturated carbocycles. The lowest BCUT2D eigenvalue weighted by atomic mass is 9.92. The van der Waals surface area contributed by atoms with Gasteiger partial charge in [0.15, 0.2) is 0 Å². The average Bonchev–Trinajstić information content (AvgIpc) is 2.16. The van der Waals surface area contributed by atoms with Crippen molar-refractivity contribution in [3.63, 3.8) is 0 Å². The molecule has 1 aromatic rings.